The fourth-order valence-electron chi connectivity index (χ4n) is 3.50. The SMILES string of the molecule is CCOc1c(F)ccc(F)c1C1(Sc2ccc(Cl)cc2)CCCCC1. The van der Waals surface area contributed by atoms with E-state index in [0.29, 0.717) is 17.2 Å². The van der Waals surface area contributed by atoms with E-state index in [9.17, 15) is 8.78 Å². The van der Waals surface area contributed by atoms with Crippen LogP contribution < -0.4 is 4.74 Å². The molecule has 1 aliphatic rings. The predicted octanol–water partition coefficient (Wildman–Crippen LogP) is 6.97. The molecule has 0 radical (unpaired) electrons. The molecule has 0 bridgehead atoms. The third kappa shape index (κ3) is 3.95. The van der Waals surface area contributed by atoms with Crippen LogP contribution in [0.1, 0.15) is 44.6 Å². The van der Waals surface area contributed by atoms with Crippen LogP contribution in [0.25, 0.3) is 0 Å². The molecule has 0 unspecified atom stereocenters. The van der Waals surface area contributed by atoms with Crippen LogP contribution in [0.15, 0.2) is 41.3 Å². The third-order valence-electron chi connectivity index (χ3n) is 4.59. The molecule has 0 amide bonds. The van der Waals surface area contributed by atoms with Gasteiger partial charge < -0.3 is 4.74 Å². The maximum atomic E-state index is 14.9. The Kier molecular flexibility index (Phi) is 5.90. The number of thioether (sulfide) groups is 1. The van der Waals surface area contributed by atoms with Crippen LogP contribution in [0.4, 0.5) is 8.78 Å². The first-order valence-electron chi connectivity index (χ1n) is 8.61. The Morgan fingerprint density at radius 2 is 1.64 bits per heavy atom. The van der Waals surface area contributed by atoms with Crippen molar-refractivity contribution in [1.82, 2.24) is 0 Å². The second-order valence-electron chi connectivity index (χ2n) is 6.28. The smallest absolute Gasteiger partial charge is 0.165 e. The highest BCUT2D eigenvalue weighted by Gasteiger charge is 2.40. The molecule has 5 heteroatoms. The minimum Gasteiger partial charge on any atom is -0.490 e. The van der Waals surface area contributed by atoms with Gasteiger partial charge in [-0.25, -0.2) is 8.78 Å². The molecule has 0 aromatic heterocycles. The lowest BCUT2D eigenvalue weighted by atomic mass is 9.82. The molecule has 1 nitrogen and oxygen atoms in total. The van der Waals surface area contributed by atoms with Gasteiger partial charge in [0.05, 0.1) is 11.4 Å². The van der Waals surface area contributed by atoms with Gasteiger partial charge in [0.15, 0.2) is 11.6 Å². The van der Waals surface area contributed by atoms with E-state index < -0.39 is 16.4 Å². The van der Waals surface area contributed by atoms with Gasteiger partial charge in [0.1, 0.15) is 5.82 Å². The van der Waals surface area contributed by atoms with Gasteiger partial charge in [-0.2, -0.15) is 0 Å². The minimum absolute atomic E-state index is 0.0610. The van der Waals surface area contributed by atoms with Crippen LogP contribution in [0, 0.1) is 11.6 Å². The summed E-state index contributed by atoms with van der Waals surface area (Å²) in [6, 6.07) is 9.87. The normalized spacial score (nSPS) is 16.6. The van der Waals surface area contributed by atoms with E-state index in [1.807, 2.05) is 24.3 Å². The van der Waals surface area contributed by atoms with E-state index in [1.165, 1.54) is 6.07 Å². The van der Waals surface area contributed by atoms with Crippen LogP contribution >= 0.6 is 23.4 Å². The quantitative estimate of drug-likeness (QED) is 0.552. The fraction of sp³-hybridized carbons (Fsp3) is 0.400. The molecule has 25 heavy (non-hydrogen) atoms. The molecule has 1 fully saturated rings. The van der Waals surface area contributed by atoms with E-state index in [2.05, 4.69) is 0 Å². The van der Waals surface area contributed by atoms with E-state index in [0.717, 1.165) is 43.1 Å². The van der Waals surface area contributed by atoms with E-state index in [4.69, 9.17) is 16.3 Å². The highest BCUT2D eigenvalue weighted by atomic mass is 35.5. The van der Waals surface area contributed by atoms with Crippen LogP contribution in [0.2, 0.25) is 5.02 Å². The van der Waals surface area contributed by atoms with E-state index in [-0.39, 0.29) is 5.75 Å². The van der Waals surface area contributed by atoms with Crippen molar-refractivity contribution in [3.8, 4) is 5.75 Å². The first kappa shape index (κ1) is 18.5. The van der Waals surface area contributed by atoms with Crippen molar-refractivity contribution in [2.24, 2.45) is 0 Å². The summed E-state index contributed by atoms with van der Waals surface area (Å²) in [5, 5.41) is 0.661. The highest BCUT2D eigenvalue weighted by Crippen LogP contribution is 2.54. The summed E-state index contributed by atoms with van der Waals surface area (Å²) < 4.78 is 34.3. The summed E-state index contributed by atoms with van der Waals surface area (Å²) in [5.74, 6) is -0.834. The van der Waals surface area contributed by atoms with Gasteiger partial charge in [-0.15, -0.1) is 11.8 Å². The molecule has 134 valence electrons. The zero-order chi connectivity index (χ0) is 17.9. The summed E-state index contributed by atoms with van der Waals surface area (Å²) >= 11 is 7.57. The topological polar surface area (TPSA) is 9.23 Å². The second kappa shape index (κ2) is 7.96. The maximum absolute atomic E-state index is 14.9. The van der Waals surface area contributed by atoms with Crippen LogP contribution in [0.3, 0.4) is 0 Å². The van der Waals surface area contributed by atoms with Crippen molar-refractivity contribution >= 4 is 23.4 Å². The second-order valence-corrected chi connectivity index (χ2v) is 8.17. The Hall–Kier alpha value is -1.26. The summed E-state index contributed by atoms with van der Waals surface area (Å²) in [7, 11) is 0. The van der Waals surface area contributed by atoms with Gasteiger partial charge in [0.2, 0.25) is 0 Å². The summed E-state index contributed by atoms with van der Waals surface area (Å²) in [4.78, 5) is 0.998. The molecule has 0 N–H and O–H groups in total. The van der Waals surface area contributed by atoms with Gasteiger partial charge in [0, 0.05) is 15.5 Å². The first-order chi connectivity index (χ1) is 12.1. The molecule has 1 saturated carbocycles. The third-order valence-corrected chi connectivity index (χ3v) is 6.35. The molecule has 2 aromatic carbocycles. The zero-order valence-electron chi connectivity index (χ0n) is 14.2. The van der Waals surface area contributed by atoms with Crippen molar-refractivity contribution < 1.29 is 13.5 Å². The lowest BCUT2D eigenvalue weighted by Gasteiger charge is -2.38. The van der Waals surface area contributed by atoms with Crippen molar-refractivity contribution in [3.05, 3.63) is 58.6 Å². The Morgan fingerprint density at radius 1 is 1.00 bits per heavy atom. The lowest BCUT2D eigenvalue weighted by Crippen LogP contribution is -2.28. The van der Waals surface area contributed by atoms with Gasteiger partial charge >= 0.3 is 0 Å². The number of rotatable bonds is 5. The summed E-state index contributed by atoms with van der Waals surface area (Å²) in [6.45, 7) is 2.09. The molecule has 0 atom stereocenters. The average molecular weight is 383 g/mol. The van der Waals surface area contributed by atoms with Crippen LogP contribution in [0.5, 0.6) is 5.75 Å². The molecule has 2 aromatic rings. The van der Waals surface area contributed by atoms with Gasteiger partial charge in [-0.05, 0) is 56.2 Å². The number of ether oxygens (including phenoxy) is 1. The van der Waals surface area contributed by atoms with Crippen molar-refractivity contribution in [2.45, 2.75) is 48.7 Å². The van der Waals surface area contributed by atoms with Gasteiger partial charge in [-0.3, -0.25) is 0 Å². The van der Waals surface area contributed by atoms with Crippen molar-refractivity contribution in [1.29, 1.82) is 0 Å². The molecule has 0 saturated heterocycles. The van der Waals surface area contributed by atoms with Crippen LogP contribution in [-0.2, 0) is 4.75 Å². The Morgan fingerprint density at radius 3 is 2.28 bits per heavy atom. The number of benzene rings is 2. The summed E-state index contributed by atoms with van der Waals surface area (Å²) in [5.41, 5.74) is 0.369. The van der Waals surface area contributed by atoms with Crippen molar-refractivity contribution in [2.75, 3.05) is 6.61 Å². The van der Waals surface area contributed by atoms with Crippen molar-refractivity contribution in [3.63, 3.8) is 0 Å². The minimum atomic E-state index is -0.525. The fourth-order valence-corrected chi connectivity index (χ4v) is 5.13. The molecule has 1 aliphatic carbocycles. The molecular weight excluding hydrogens is 362 g/mol. The maximum Gasteiger partial charge on any atom is 0.165 e. The van der Waals surface area contributed by atoms with Gasteiger partial charge in [0.25, 0.3) is 0 Å². The monoisotopic (exact) mass is 382 g/mol. The van der Waals surface area contributed by atoms with Gasteiger partial charge in [-0.1, -0.05) is 30.9 Å². The standard InChI is InChI=1S/C20H21ClF2OS/c1-2-24-19-17(23)11-10-16(22)18(19)20(12-4-3-5-13-20)25-15-8-6-14(21)7-9-15/h6-11H,2-5,12-13H2,1H3. The van der Waals surface area contributed by atoms with Crippen LogP contribution in [-0.4, -0.2) is 6.61 Å². The largest absolute Gasteiger partial charge is 0.490 e. The molecule has 3 rings (SSSR count). The highest BCUT2D eigenvalue weighted by molar-refractivity contribution is 8.00. The molecule has 0 aliphatic heterocycles. The molecule has 0 heterocycles. The Balaban J connectivity index is 2.09. The molecular formula is C20H21ClF2OS. The lowest BCUT2D eigenvalue weighted by molar-refractivity contribution is 0.299. The summed E-state index contributed by atoms with van der Waals surface area (Å²) in [6.07, 6.45) is 4.68. The number of halogens is 3. The Labute approximate surface area is 156 Å². The number of hydrogen-bond acceptors (Lipinski definition) is 2. The zero-order valence-corrected chi connectivity index (χ0v) is 15.7. The predicted molar refractivity (Wildman–Crippen MR) is 99.6 cm³/mol. The number of hydrogen-bond donors (Lipinski definition) is 0. The van der Waals surface area contributed by atoms with E-state index >= 15 is 0 Å². The first-order valence-corrected chi connectivity index (χ1v) is 9.81. The molecule has 0 spiro atoms. The Bertz CT molecular complexity index is 727. The average Bonchev–Trinajstić information content (AvgIpc) is 2.61. The van der Waals surface area contributed by atoms with E-state index in [1.54, 1.807) is 18.7 Å².